The zero-order valence-corrected chi connectivity index (χ0v) is 12.1. The summed E-state index contributed by atoms with van der Waals surface area (Å²) in [4.78, 5) is 14.4. The van der Waals surface area contributed by atoms with Gasteiger partial charge in [0.05, 0.1) is 4.92 Å². The van der Waals surface area contributed by atoms with Crippen LogP contribution in [-0.4, -0.2) is 24.5 Å². The van der Waals surface area contributed by atoms with E-state index in [-0.39, 0.29) is 10.6 Å². The quantitative estimate of drug-likeness (QED) is 0.264. The molecule has 0 aliphatic carbocycles. The summed E-state index contributed by atoms with van der Waals surface area (Å²) in [6, 6.07) is 6.59. The third-order valence-corrected chi connectivity index (χ3v) is 2.88. The van der Waals surface area contributed by atoms with E-state index in [9.17, 15) is 10.1 Å². The number of nitro groups is 1. The van der Waals surface area contributed by atoms with Crippen molar-refractivity contribution in [1.29, 1.82) is 0 Å². The predicted octanol–water partition coefficient (Wildman–Crippen LogP) is 2.45. The topological polar surface area (TPSA) is 79.6 Å². The number of benzene rings is 1. The Hall–Kier alpha value is -2.11. The molecule has 1 aromatic rings. The Balaban J connectivity index is 2.44. The van der Waals surface area contributed by atoms with Crippen molar-refractivity contribution in [2.24, 2.45) is 4.99 Å². The molecule has 0 spiro atoms. The molecular weight excluding hydrogens is 256 g/mol. The molecule has 0 heterocycles. The van der Waals surface area contributed by atoms with Crippen LogP contribution in [0.4, 0.5) is 5.69 Å². The number of hydrogen-bond acceptors (Lipinski definition) is 3. The predicted molar refractivity (Wildman–Crippen MR) is 80.8 cm³/mol. The maximum atomic E-state index is 10.7. The third-order valence-electron chi connectivity index (χ3n) is 2.88. The number of nitro benzene ring substituents is 1. The van der Waals surface area contributed by atoms with Crippen LogP contribution in [0.1, 0.15) is 31.7 Å². The number of guanidine groups is 1. The number of nitrogens with one attached hydrogen (secondary N) is 2. The molecule has 1 rings (SSSR count). The van der Waals surface area contributed by atoms with E-state index in [1.54, 1.807) is 19.2 Å². The summed E-state index contributed by atoms with van der Waals surface area (Å²) >= 11 is 0. The maximum absolute atomic E-state index is 10.7. The van der Waals surface area contributed by atoms with E-state index in [1.807, 2.05) is 6.07 Å². The highest BCUT2D eigenvalue weighted by Crippen LogP contribution is 2.12. The first-order chi connectivity index (χ1) is 9.67. The first kappa shape index (κ1) is 15.9. The van der Waals surface area contributed by atoms with Gasteiger partial charge in [0, 0.05) is 32.3 Å². The first-order valence-corrected chi connectivity index (χ1v) is 6.85. The number of rotatable bonds is 7. The van der Waals surface area contributed by atoms with Crippen LogP contribution in [0.3, 0.4) is 0 Å². The SMILES string of the molecule is CCCCCNC(=NC)NCc1cccc([N+](=O)[O-])c1. The minimum atomic E-state index is -0.388. The molecule has 0 fully saturated rings. The molecule has 0 bridgehead atoms. The molecule has 0 amide bonds. The molecule has 0 radical (unpaired) electrons. The lowest BCUT2D eigenvalue weighted by atomic mass is 10.2. The molecule has 1 aromatic carbocycles. The fourth-order valence-electron chi connectivity index (χ4n) is 1.77. The standard InChI is InChI=1S/C14H22N4O2/c1-3-4-5-9-16-14(15-2)17-11-12-7-6-8-13(10-12)18(19)20/h6-8,10H,3-5,9,11H2,1-2H3,(H2,15,16,17). The third kappa shape index (κ3) is 5.69. The fraction of sp³-hybridized carbons (Fsp3) is 0.500. The van der Waals surface area contributed by atoms with Crippen molar-refractivity contribution in [2.75, 3.05) is 13.6 Å². The van der Waals surface area contributed by atoms with Crippen molar-refractivity contribution in [3.8, 4) is 0 Å². The van der Waals surface area contributed by atoms with Gasteiger partial charge in [-0.05, 0) is 12.0 Å². The highest BCUT2D eigenvalue weighted by Gasteiger charge is 2.05. The molecule has 0 saturated heterocycles. The summed E-state index contributed by atoms with van der Waals surface area (Å²) < 4.78 is 0. The Morgan fingerprint density at radius 3 is 2.80 bits per heavy atom. The Morgan fingerprint density at radius 2 is 2.15 bits per heavy atom. The number of non-ortho nitro benzene ring substituents is 1. The van der Waals surface area contributed by atoms with Crippen molar-refractivity contribution in [1.82, 2.24) is 10.6 Å². The normalized spacial score (nSPS) is 11.2. The second-order valence-corrected chi connectivity index (χ2v) is 4.49. The van der Waals surface area contributed by atoms with Gasteiger partial charge in [-0.25, -0.2) is 0 Å². The summed E-state index contributed by atoms with van der Waals surface area (Å²) in [7, 11) is 1.71. The van der Waals surface area contributed by atoms with Crippen LogP contribution in [0.5, 0.6) is 0 Å². The smallest absolute Gasteiger partial charge is 0.269 e. The minimum Gasteiger partial charge on any atom is -0.356 e. The minimum absolute atomic E-state index is 0.107. The highest BCUT2D eigenvalue weighted by atomic mass is 16.6. The fourth-order valence-corrected chi connectivity index (χ4v) is 1.77. The van der Waals surface area contributed by atoms with Crippen LogP contribution in [0, 0.1) is 10.1 Å². The van der Waals surface area contributed by atoms with Crippen molar-refractivity contribution in [3.05, 3.63) is 39.9 Å². The average molecular weight is 278 g/mol. The van der Waals surface area contributed by atoms with Gasteiger partial charge in [0.15, 0.2) is 5.96 Å². The molecule has 0 aromatic heterocycles. The monoisotopic (exact) mass is 278 g/mol. The summed E-state index contributed by atoms with van der Waals surface area (Å²) in [5, 5.41) is 17.1. The molecule has 6 heteroatoms. The largest absolute Gasteiger partial charge is 0.356 e. The average Bonchev–Trinajstić information content (AvgIpc) is 2.47. The lowest BCUT2D eigenvalue weighted by molar-refractivity contribution is -0.384. The molecule has 0 atom stereocenters. The van der Waals surface area contributed by atoms with Crippen LogP contribution in [0.2, 0.25) is 0 Å². The molecule has 0 aliphatic heterocycles. The molecule has 20 heavy (non-hydrogen) atoms. The van der Waals surface area contributed by atoms with Crippen molar-refractivity contribution < 1.29 is 4.92 Å². The van der Waals surface area contributed by atoms with Gasteiger partial charge in [0.2, 0.25) is 0 Å². The van der Waals surface area contributed by atoms with E-state index in [1.165, 1.54) is 18.9 Å². The van der Waals surface area contributed by atoms with Crippen molar-refractivity contribution >= 4 is 11.6 Å². The van der Waals surface area contributed by atoms with Crippen LogP contribution in [-0.2, 0) is 6.54 Å². The number of nitrogens with zero attached hydrogens (tertiary/aromatic N) is 2. The summed E-state index contributed by atoms with van der Waals surface area (Å²) in [5.74, 6) is 0.715. The van der Waals surface area contributed by atoms with Gasteiger partial charge in [-0.2, -0.15) is 0 Å². The summed E-state index contributed by atoms with van der Waals surface area (Å²) in [6.07, 6.45) is 3.48. The van der Waals surface area contributed by atoms with Gasteiger partial charge in [0.25, 0.3) is 5.69 Å². The highest BCUT2D eigenvalue weighted by molar-refractivity contribution is 5.79. The van der Waals surface area contributed by atoms with Crippen LogP contribution in [0.15, 0.2) is 29.3 Å². The van der Waals surface area contributed by atoms with E-state index < -0.39 is 0 Å². The Morgan fingerprint density at radius 1 is 1.35 bits per heavy atom. The van der Waals surface area contributed by atoms with Gasteiger partial charge in [-0.15, -0.1) is 0 Å². The first-order valence-electron chi connectivity index (χ1n) is 6.85. The Labute approximate surface area is 119 Å². The molecule has 6 nitrogen and oxygen atoms in total. The summed E-state index contributed by atoms with van der Waals surface area (Å²) in [5.41, 5.74) is 0.964. The molecule has 110 valence electrons. The molecular formula is C14H22N4O2. The van der Waals surface area contributed by atoms with E-state index in [0.717, 1.165) is 18.5 Å². The van der Waals surface area contributed by atoms with Crippen molar-refractivity contribution in [2.45, 2.75) is 32.7 Å². The summed E-state index contributed by atoms with van der Waals surface area (Å²) in [6.45, 7) is 3.55. The van der Waals surface area contributed by atoms with E-state index in [4.69, 9.17) is 0 Å². The second-order valence-electron chi connectivity index (χ2n) is 4.49. The van der Waals surface area contributed by atoms with Crippen LogP contribution >= 0.6 is 0 Å². The Bertz CT molecular complexity index is 460. The van der Waals surface area contributed by atoms with E-state index in [2.05, 4.69) is 22.5 Å². The second kappa shape index (κ2) is 8.90. The van der Waals surface area contributed by atoms with Crippen LogP contribution in [0.25, 0.3) is 0 Å². The lowest BCUT2D eigenvalue weighted by Gasteiger charge is -2.11. The maximum Gasteiger partial charge on any atom is 0.269 e. The van der Waals surface area contributed by atoms with Gasteiger partial charge in [-0.3, -0.25) is 15.1 Å². The number of hydrogen-bond donors (Lipinski definition) is 2. The number of unbranched alkanes of at least 4 members (excludes halogenated alkanes) is 2. The van der Waals surface area contributed by atoms with E-state index >= 15 is 0 Å². The molecule has 0 aliphatic rings. The lowest BCUT2D eigenvalue weighted by Crippen LogP contribution is -2.37. The van der Waals surface area contributed by atoms with Crippen molar-refractivity contribution in [3.63, 3.8) is 0 Å². The zero-order valence-electron chi connectivity index (χ0n) is 12.1. The van der Waals surface area contributed by atoms with E-state index in [0.29, 0.717) is 12.5 Å². The van der Waals surface area contributed by atoms with Crippen LogP contribution < -0.4 is 10.6 Å². The van der Waals surface area contributed by atoms with Gasteiger partial charge in [0.1, 0.15) is 0 Å². The zero-order chi connectivity index (χ0) is 14.8. The Kier molecular flexibility index (Phi) is 7.10. The van der Waals surface area contributed by atoms with Gasteiger partial charge < -0.3 is 10.6 Å². The van der Waals surface area contributed by atoms with Gasteiger partial charge in [-0.1, -0.05) is 31.9 Å². The molecule has 0 saturated carbocycles. The molecule has 2 N–H and O–H groups in total. The van der Waals surface area contributed by atoms with Gasteiger partial charge >= 0.3 is 0 Å². The molecule has 0 unspecified atom stereocenters. The number of aliphatic imine (C=N–C) groups is 1.